The average molecular weight is 245 g/mol. The molecule has 0 unspecified atom stereocenters. The Hall–Kier alpha value is -2.10. The molecule has 0 amide bonds. The van der Waals surface area contributed by atoms with Gasteiger partial charge >= 0.3 is 5.97 Å². The number of carboxylic acid groups (broad SMARTS) is 1. The maximum absolute atomic E-state index is 11.3. The SMILES string of the molecule is COc1ccc2ncc(C(=O)O)c(C(C)C)c2c1. The van der Waals surface area contributed by atoms with Crippen molar-refractivity contribution < 1.29 is 14.6 Å². The number of hydrogen-bond acceptors (Lipinski definition) is 3. The number of aromatic nitrogens is 1. The topological polar surface area (TPSA) is 59.4 Å². The molecule has 0 fully saturated rings. The Morgan fingerprint density at radius 2 is 2.11 bits per heavy atom. The van der Waals surface area contributed by atoms with Gasteiger partial charge in [0.2, 0.25) is 0 Å². The van der Waals surface area contributed by atoms with E-state index in [-0.39, 0.29) is 11.5 Å². The van der Waals surface area contributed by atoms with E-state index in [1.807, 2.05) is 32.0 Å². The quantitative estimate of drug-likeness (QED) is 0.902. The summed E-state index contributed by atoms with van der Waals surface area (Å²) in [5, 5.41) is 10.1. The number of rotatable bonds is 3. The third kappa shape index (κ3) is 2.01. The smallest absolute Gasteiger partial charge is 0.337 e. The summed E-state index contributed by atoms with van der Waals surface area (Å²) in [5.74, 6) is -0.140. The number of aromatic carboxylic acids is 1. The van der Waals surface area contributed by atoms with Crippen molar-refractivity contribution in [2.24, 2.45) is 0 Å². The number of carbonyl (C=O) groups is 1. The van der Waals surface area contributed by atoms with Crippen molar-refractivity contribution in [3.05, 3.63) is 35.5 Å². The highest BCUT2D eigenvalue weighted by atomic mass is 16.5. The van der Waals surface area contributed by atoms with E-state index < -0.39 is 5.97 Å². The second-order valence-corrected chi connectivity index (χ2v) is 4.43. The molecular weight excluding hydrogens is 230 g/mol. The first-order valence-corrected chi connectivity index (χ1v) is 5.74. The first-order valence-electron chi connectivity index (χ1n) is 5.74. The summed E-state index contributed by atoms with van der Waals surface area (Å²) in [4.78, 5) is 15.4. The van der Waals surface area contributed by atoms with E-state index in [1.54, 1.807) is 7.11 Å². The van der Waals surface area contributed by atoms with Crippen molar-refractivity contribution in [1.29, 1.82) is 0 Å². The number of pyridine rings is 1. The van der Waals surface area contributed by atoms with Gasteiger partial charge in [0.1, 0.15) is 5.75 Å². The molecule has 0 atom stereocenters. The summed E-state index contributed by atoms with van der Waals surface area (Å²) in [6.45, 7) is 3.95. The van der Waals surface area contributed by atoms with Gasteiger partial charge < -0.3 is 9.84 Å². The Bertz CT molecular complexity index is 605. The van der Waals surface area contributed by atoms with Crippen molar-refractivity contribution in [2.45, 2.75) is 19.8 Å². The summed E-state index contributed by atoms with van der Waals surface area (Å²) >= 11 is 0. The Morgan fingerprint density at radius 3 is 2.67 bits per heavy atom. The van der Waals surface area contributed by atoms with Gasteiger partial charge in [-0.25, -0.2) is 4.79 Å². The number of methoxy groups -OCH3 is 1. The Kier molecular flexibility index (Phi) is 3.19. The fourth-order valence-electron chi connectivity index (χ4n) is 2.11. The summed E-state index contributed by atoms with van der Waals surface area (Å²) in [7, 11) is 1.59. The highest BCUT2D eigenvalue weighted by molar-refractivity contribution is 5.96. The van der Waals surface area contributed by atoms with E-state index in [0.29, 0.717) is 5.75 Å². The lowest BCUT2D eigenvalue weighted by Gasteiger charge is -2.13. The zero-order valence-corrected chi connectivity index (χ0v) is 10.6. The van der Waals surface area contributed by atoms with Crippen LogP contribution < -0.4 is 4.74 Å². The molecule has 0 spiro atoms. The number of fused-ring (bicyclic) bond motifs is 1. The summed E-state index contributed by atoms with van der Waals surface area (Å²) in [5.41, 5.74) is 1.83. The Morgan fingerprint density at radius 1 is 1.39 bits per heavy atom. The van der Waals surface area contributed by atoms with E-state index in [4.69, 9.17) is 4.74 Å². The standard InChI is InChI=1S/C14H15NO3/c1-8(2)13-10-6-9(18-3)4-5-12(10)15-7-11(13)14(16)17/h4-8H,1-3H3,(H,16,17). The number of carboxylic acids is 1. The van der Waals surface area contributed by atoms with Crippen molar-refractivity contribution in [1.82, 2.24) is 4.98 Å². The molecule has 0 aliphatic heterocycles. The summed E-state index contributed by atoms with van der Waals surface area (Å²) in [6, 6.07) is 5.50. The molecule has 4 heteroatoms. The zero-order valence-electron chi connectivity index (χ0n) is 10.6. The van der Waals surface area contributed by atoms with Crippen LogP contribution >= 0.6 is 0 Å². The molecule has 0 saturated heterocycles. The maximum Gasteiger partial charge on any atom is 0.337 e. The normalized spacial score (nSPS) is 10.9. The molecule has 94 valence electrons. The van der Waals surface area contributed by atoms with Gasteiger partial charge in [-0.05, 0) is 29.7 Å². The van der Waals surface area contributed by atoms with Crippen LogP contribution in [0.3, 0.4) is 0 Å². The number of ether oxygens (including phenoxy) is 1. The van der Waals surface area contributed by atoms with Gasteiger partial charge in [-0.1, -0.05) is 13.8 Å². The van der Waals surface area contributed by atoms with E-state index in [0.717, 1.165) is 16.5 Å². The third-order valence-corrected chi connectivity index (χ3v) is 2.92. The first-order chi connectivity index (χ1) is 8.54. The minimum atomic E-state index is -0.948. The monoisotopic (exact) mass is 245 g/mol. The van der Waals surface area contributed by atoms with Crippen LogP contribution in [-0.4, -0.2) is 23.2 Å². The van der Waals surface area contributed by atoms with Crippen molar-refractivity contribution in [2.75, 3.05) is 7.11 Å². The van der Waals surface area contributed by atoms with Crippen LogP contribution in [0.5, 0.6) is 5.75 Å². The lowest BCUT2D eigenvalue weighted by atomic mass is 9.94. The third-order valence-electron chi connectivity index (χ3n) is 2.92. The van der Waals surface area contributed by atoms with Gasteiger partial charge in [-0.3, -0.25) is 4.98 Å². The Balaban J connectivity index is 2.82. The first kappa shape index (κ1) is 12.4. The lowest BCUT2D eigenvalue weighted by molar-refractivity contribution is 0.0695. The largest absolute Gasteiger partial charge is 0.497 e. The predicted molar refractivity (Wildman–Crippen MR) is 69.3 cm³/mol. The summed E-state index contributed by atoms with van der Waals surface area (Å²) in [6.07, 6.45) is 1.42. The highest BCUT2D eigenvalue weighted by Crippen LogP contribution is 2.30. The fourth-order valence-corrected chi connectivity index (χ4v) is 2.11. The molecule has 18 heavy (non-hydrogen) atoms. The van der Waals surface area contributed by atoms with Crippen LogP contribution in [0, 0.1) is 0 Å². The molecule has 4 nitrogen and oxygen atoms in total. The number of benzene rings is 1. The molecule has 2 rings (SSSR count). The van der Waals surface area contributed by atoms with Gasteiger partial charge in [0.25, 0.3) is 0 Å². The van der Waals surface area contributed by atoms with E-state index in [2.05, 4.69) is 4.98 Å². The molecule has 0 aliphatic rings. The molecule has 0 radical (unpaired) electrons. The molecule has 0 saturated carbocycles. The van der Waals surface area contributed by atoms with Gasteiger partial charge in [-0.15, -0.1) is 0 Å². The second kappa shape index (κ2) is 4.64. The maximum atomic E-state index is 11.3. The van der Waals surface area contributed by atoms with Crippen molar-refractivity contribution in [3.8, 4) is 5.75 Å². The van der Waals surface area contributed by atoms with Crippen LogP contribution in [-0.2, 0) is 0 Å². The minimum absolute atomic E-state index is 0.105. The zero-order chi connectivity index (χ0) is 13.3. The van der Waals surface area contributed by atoms with Gasteiger partial charge in [0, 0.05) is 11.6 Å². The second-order valence-electron chi connectivity index (χ2n) is 4.43. The number of nitrogens with zero attached hydrogens (tertiary/aromatic N) is 1. The lowest BCUT2D eigenvalue weighted by Crippen LogP contribution is -2.06. The Labute approximate surface area is 105 Å². The summed E-state index contributed by atoms with van der Waals surface area (Å²) < 4.78 is 5.18. The minimum Gasteiger partial charge on any atom is -0.497 e. The van der Waals surface area contributed by atoms with Crippen LogP contribution in [0.1, 0.15) is 35.7 Å². The molecule has 1 aromatic carbocycles. The fraction of sp³-hybridized carbons (Fsp3) is 0.286. The van der Waals surface area contributed by atoms with Gasteiger partial charge in [0.15, 0.2) is 0 Å². The molecule has 1 heterocycles. The number of hydrogen-bond donors (Lipinski definition) is 1. The van der Waals surface area contributed by atoms with E-state index in [1.165, 1.54) is 6.20 Å². The molecule has 1 aromatic heterocycles. The van der Waals surface area contributed by atoms with Gasteiger partial charge in [-0.2, -0.15) is 0 Å². The van der Waals surface area contributed by atoms with Gasteiger partial charge in [0.05, 0.1) is 18.2 Å². The van der Waals surface area contributed by atoms with E-state index in [9.17, 15) is 9.90 Å². The van der Waals surface area contributed by atoms with Crippen LogP contribution in [0.4, 0.5) is 0 Å². The molecule has 2 aromatic rings. The predicted octanol–water partition coefficient (Wildman–Crippen LogP) is 3.07. The molecular formula is C14H15NO3. The van der Waals surface area contributed by atoms with Crippen molar-refractivity contribution in [3.63, 3.8) is 0 Å². The van der Waals surface area contributed by atoms with Crippen LogP contribution in [0.15, 0.2) is 24.4 Å². The average Bonchev–Trinajstić information content (AvgIpc) is 2.36. The molecule has 0 aliphatic carbocycles. The highest BCUT2D eigenvalue weighted by Gasteiger charge is 2.17. The molecule has 1 N–H and O–H groups in total. The van der Waals surface area contributed by atoms with Crippen LogP contribution in [0.2, 0.25) is 0 Å². The van der Waals surface area contributed by atoms with E-state index >= 15 is 0 Å². The van der Waals surface area contributed by atoms with Crippen molar-refractivity contribution >= 4 is 16.9 Å². The van der Waals surface area contributed by atoms with Crippen LogP contribution in [0.25, 0.3) is 10.9 Å². The molecule has 0 bridgehead atoms.